The number of likely N-dealkylation sites (tertiary alicyclic amines) is 1. The predicted octanol–water partition coefficient (Wildman–Crippen LogP) is 2.94. The minimum absolute atomic E-state index is 0.0590. The van der Waals surface area contributed by atoms with Gasteiger partial charge in [0.1, 0.15) is 5.75 Å². The topological polar surface area (TPSA) is 59.5 Å². The number of aromatic nitrogens is 1. The molecule has 1 aliphatic rings. The molecule has 116 valence electrons. The van der Waals surface area contributed by atoms with Gasteiger partial charge in [0.25, 0.3) is 0 Å². The van der Waals surface area contributed by atoms with Gasteiger partial charge in [0.15, 0.2) is 4.34 Å². The van der Waals surface area contributed by atoms with Crippen molar-refractivity contribution in [3.05, 3.63) is 18.2 Å². The first-order valence-corrected chi connectivity index (χ1v) is 8.97. The van der Waals surface area contributed by atoms with E-state index in [2.05, 4.69) is 4.98 Å². The molecule has 5 nitrogen and oxygen atoms in total. The third-order valence-corrected chi connectivity index (χ3v) is 5.49. The molecule has 0 unspecified atom stereocenters. The van der Waals surface area contributed by atoms with Gasteiger partial charge < -0.3 is 4.74 Å². The Bertz CT molecular complexity index is 714. The lowest BCUT2D eigenvalue weighted by atomic mass is 10.3. The van der Waals surface area contributed by atoms with Gasteiger partial charge >= 0.3 is 0 Å². The van der Waals surface area contributed by atoms with Crippen LogP contribution in [0.5, 0.6) is 5.75 Å². The molecule has 1 fully saturated rings. The van der Waals surface area contributed by atoms with E-state index >= 15 is 0 Å². The van der Waals surface area contributed by atoms with E-state index in [1.54, 1.807) is 0 Å². The standard InChI is InChI=1S/C15H16N2O3S2/c1-2-20-10-5-6-11-12(8-10)22-15(16-11)21-9-14(19)17-7-3-4-13(17)18/h5-6,8H,2-4,7,9H2,1H3. The summed E-state index contributed by atoms with van der Waals surface area (Å²) in [4.78, 5) is 29.4. The highest BCUT2D eigenvalue weighted by Crippen LogP contribution is 2.32. The molecule has 2 amide bonds. The number of ether oxygens (including phenoxy) is 1. The Morgan fingerprint density at radius 1 is 1.50 bits per heavy atom. The number of carbonyl (C=O) groups excluding carboxylic acids is 2. The molecule has 0 spiro atoms. The van der Waals surface area contributed by atoms with Gasteiger partial charge in [-0.05, 0) is 31.5 Å². The second-order valence-electron chi connectivity index (χ2n) is 4.87. The van der Waals surface area contributed by atoms with Crippen molar-refractivity contribution >= 4 is 45.1 Å². The summed E-state index contributed by atoms with van der Waals surface area (Å²) in [5.41, 5.74) is 0.903. The molecular formula is C15H16N2O3S2. The molecule has 1 aromatic heterocycles. The first-order chi connectivity index (χ1) is 10.7. The van der Waals surface area contributed by atoms with Crippen LogP contribution in [-0.2, 0) is 9.59 Å². The number of thioether (sulfide) groups is 1. The Labute approximate surface area is 136 Å². The SMILES string of the molecule is CCOc1ccc2nc(SCC(=O)N3CCCC3=O)sc2c1. The van der Waals surface area contributed by atoms with Gasteiger partial charge in [-0.1, -0.05) is 11.8 Å². The molecule has 0 saturated carbocycles. The quantitative estimate of drug-likeness (QED) is 0.786. The molecular weight excluding hydrogens is 320 g/mol. The number of nitrogens with zero attached hydrogens (tertiary/aromatic N) is 2. The van der Waals surface area contributed by atoms with E-state index in [0.717, 1.165) is 26.7 Å². The zero-order chi connectivity index (χ0) is 15.5. The Balaban J connectivity index is 1.66. The number of benzene rings is 1. The number of fused-ring (bicyclic) bond motifs is 1. The fourth-order valence-corrected chi connectivity index (χ4v) is 4.29. The number of hydrogen-bond acceptors (Lipinski definition) is 6. The summed E-state index contributed by atoms with van der Waals surface area (Å²) in [6.07, 6.45) is 1.26. The van der Waals surface area contributed by atoms with Crippen LogP contribution < -0.4 is 4.74 Å². The second kappa shape index (κ2) is 6.66. The van der Waals surface area contributed by atoms with E-state index in [4.69, 9.17) is 4.74 Å². The van der Waals surface area contributed by atoms with Crippen molar-refractivity contribution in [1.29, 1.82) is 0 Å². The van der Waals surface area contributed by atoms with Crippen LogP contribution in [0.2, 0.25) is 0 Å². The molecule has 22 heavy (non-hydrogen) atoms. The molecule has 1 aromatic carbocycles. The van der Waals surface area contributed by atoms with Crippen molar-refractivity contribution in [2.45, 2.75) is 24.1 Å². The van der Waals surface area contributed by atoms with Crippen molar-refractivity contribution < 1.29 is 14.3 Å². The molecule has 0 bridgehead atoms. The molecule has 2 aromatic rings. The van der Waals surface area contributed by atoms with Crippen LogP contribution >= 0.6 is 23.1 Å². The summed E-state index contributed by atoms with van der Waals surface area (Å²) in [5.74, 6) is 0.899. The Morgan fingerprint density at radius 3 is 3.09 bits per heavy atom. The van der Waals surface area contributed by atoms with Gasteiger partial charge in [-0.3, -0.25) is 14.5 Å². The maximum Gasteiger partial charge on any atom is 0.239 e. The normalized spacial score (nSPS) is 14.8. The van der Waals surface area contributed by atoms with E-state index in [9.17, 15) is 9.59 Å². The van der Waals surface area contributed by atoms with Crippen LogP contribution in [-0.4, -0.2) is 40.6 Å². The lowest BCUT2D eigenvalue weighted by molar-refractivity contribution is -0.140. The summed E-state index contributed by atoms with van der Waals surface area (Å²) in [6, 6.07) is 5.78. The first kappa shape index (κ1) is 15.3. The fraction of sp³-hybridized carbons (Fsp3) is 0.400. The highest BCUT2D eigenvalue weighted by Gasteiger charge is 2.26. The maximum absolute atomic E-state index is 12.0. The van der Waals surface area contributed by atoms with Crippen LogP contribution in [0.1, 0.15) is 19.8 Å². The monoisotopic (exact) mass is 336 g/mol. The van der Waals surface area contributed by atoms with Crippen LogP contribution in [0.15, 0.2) is 22.5 Å². The van der Waals surface area contributed by atoms with Crippen molar-refractivity contribution in [2.24, 2.45) is 0 Å². The van der Waals surface area contributed by atoms with Crippen LogP contribution in [0.3, 0.4) is 0 Å². The molecule has 1 aliphatic heterocycles. The molecule has 1 saturated heterocycles. The number of imide groups is 1. The van der Waals surface area contributed by atoms with Crippen molar-refractivity contribution in [2.75, 3.05) is 18.9 Å². The van der Waals surface area contributed by atoms with Gasteiger partial charge in [0, 0.05) is 13.0 Å². The Hall–Kier alpha value is -1.60. The summed E-state index contributed by atoms with van der Waals surface area (Å²) in [5, 5.41) is 0. The first-order valence-electron chi connectivity index (χ1n) is 7.16. The second-order valence-corrected chi connectivity index (χ2v) is 7.13. The van der Waals surface area contributed by atoms with Gasteiger partial charge in [-0.25, -0.2) is 4.98 Å². The van der Waals surface area contributed by atoms with Crippen LogP contribution in [0.25, 0.3) is 10.2 Å². The maximum atomic E-state index is 12.0. The number of carbonyl (C=O) groups is 2. The Kier molecular flexibility index (Phi) is 4.63. The zero-order valence-electron chi connectivity index (χ0n) is 12.2. The Morgan fingerprint density at radius 2 is 2.36 bits per heavy atom. The van der Waals surface area contributed by atoms with Crippen LogP contribution in [0.4, 0.5) is 0 Å². The van der Waals surface area contributed by atoms with E-state index in [-0.39, 0.29) is 17.6 Å². The van der Waals surface area contributed by atoms with E-state index in [0.29, 0.717) is 19.6 Å². The van der Waals surface area contributed by atoms with Crippen molar-refractivity contribution in [3.8, 4) is 5.75 Å². The molecule has 0 radical (unpaired) electrons. The minimum atomic E-state index is -0.123. The summed E-state index contributed by atoms with van der Waals surface area (Å²) in [6.45, 7) is 3.13. The van der Waals surface area contributed by atoms with E-state index < -0.39 is 0 Å². The summed E-state index contributed by atoms with van der Waals surface area (Å²) >= 11 is 2.92. The molecule has 3 rings (SSSR count). The molecule has 0 aliphatic carbocycles. The molecule has 7 heteroatoms. The van der Waals surface area contributed by atoms with Gasteiger partial charge in [-0.15, -0.1) is 11.3 Å². The predicted molar refractivity (Wildman–Crippen MR) is 87.5 cm³/mol. The van der Waals surface area contributed by atoms with Crippen LogP contribution in [0, 0.1) is 0 Å². The number of rotatable bonds is 5. The lowest BCUT2D eigenvalue weighted by Gasteiger charge is -2.11. The van der Waals surface area contributed by atoms with Crippen molar-refractivity contribution in [3.63, 3.8) is 0 Å². The molecule has 0 atom stereocenters. The van der Waals surface area contributed by atoms with Gasteiger partial charge in [0.2, 0.25) is 11.8 Å². The lowest BCUT2D eigenvalue weighted by Crippen LogP contribution is -2.33. The van der Waals surface area contributed by atoms with Gasteiger partial charge in [0.05, 0.1) is 22.6 Å². The average Bonchev–Trinajstić information content (AvgIpc) is 3.10. The number of hydrogen-bond donors (Lipinski definition) is 0. The van der Waals surface area contributed by atoms with E-state index in [1.807, 2.05) is 25.1 Å². The average molecular weight is 336 g/mol. The van der Waals surface area contributed by atoms with Gasteiger partial charge in [-0.2, -0.15) is 0 Å². The number of amides is 2. The summed E-state index contributed by atoms with van der Waals surface area (Å²) < 4.78 is 7.35. The molecule has 2 heterocycles. The zero-order valence-corrected chi connectivity index (χ0v) is 13.8. The summed E-state index contributed by atoms with van der Waals surface area (Å²) in [7, 11) is 0. The number of thiazole rings is 1. The third kappa shape index (κ3) is 3.25. The smallest absolute Gasteiger partial charge is 0.239 e. The highest BCUT2D eigenvalue weighted by molar-refractivity contribution is 8.01. The third-order valence-electron chi connectivity index (χ3n) is 3.34. The molecule has 0 N–H and O–H groups in total. The van der Waals surface area contributed by atoms with Crippen molar-refractivity contribution in [1.82, 2.24) is 9.88 Å². The van der Waals surface area contributed by atoms with E-state index in [1.165, 1.54) is 28.0 Å². The largest absolute Gasteiger partial charge is 0.494 e. The highest BCUT2D eigenvalue weighted by atomic mass is 32.2. The fourth-order valence-electron chi connectivity index (χ4n) is 2.32. The minimum Gasteiger partial charge on any atom is -0.494 e.